The van der Waals surface area contributed by atoms with Crippen molar-refractivity contribution < 1.29 is 17.4 Å². The van der Waals surface area contributed by atoms with Crippen molar-refractivity contribution in [3.63, 3.8) is 0 Å². The maximum absolute atomic E-state index is 12.8. The summed E-state index contributed by atoms with van der Waals surface area (Å²) < 4.78 is 48.0. The summed E-state index contributed by atoms with van der Waals surface area (Å²) in [5.41, 5.74) is 10.6. The Hall–Kier alpha value is -4.72. The standard InChI is InChI=1S/C51H62N2O4S/c1-9-13-23-39(11-3)33-52(50-35(5)19-17-20-36(50)6)41-27-29-43-46(31-41)57-47-32-42(28-30-44(47)49(43)45-25-15-16-26-48(45)58(54,55)56)53(34-40(12-4)24-14-10-2)51-37(7)21-18-22-38(51)8/h15-22,25-32,39-40H,9-14,23-24,33-34H2,1-8H3. The maximum atomic E-state index is 12.8. The van der Waals surface area contributed by atoms with Crippen LogP contribution < -0.4 is 14.8 Å². The van der Waals surface area contributed by atoms with E-state index in [1.165, 1.54) is 52.5 Å². The van der Waals surface area contributed by atoms with E-state index in [0.717, 1.165) is 73.6 Å². The predicted octanol–water partition coefficient (Wildman–Crippen LogP) is 13.0. The molecule has 1 aliphatic heterocycles. The molecule has 0 aromatic heterocycles. The number of hydrogen-bond donors (Lipinski definition) is 0. The highest BCUT2D eigenvalue weighted by atomic mass is 32.2. The number of para-hydroxylation sites is 2. The lowest BCUT2D eigenvalue weighted by Crippen LogP contribution is -2.31. The average Bonchev–Trinajstić information content (AvgIpc) is 3.20. The van der Waals surface area contributed by atoms with Gasteiger partial charge in [0.05, 0.1) is 11.0 Å². The number of anilines is 2. The first-order valence-corrected chi connectivity index (χ1v) is 22.9. The summed E-state index contributed by atoms with van der Waals surface area (Å²) in [6, 6.07) is 32.0. The van der Waals surface area contributed by atoms with Crippen molar-refractivity contribution in [2.45, 2.75) is 112 Å². The Morgan fingerprint density at radius 3 is 1.93 bits per heavy atom. The van der Waals surface area contributed by atoms with Crippen LogP contribution in [0.5, 0.6) is 0 Å². The molecule has 7 heteroatoms. The van der Waals surface area contributed by atoms with E-state index in [-0.39, 0.29) is 4.90 Å². The van der Waals surface area contributed by atoms with Gasteiger partial charge in [-0.05, 0) is 88.3 Å². The van der Waals surface area contributed by atoms with Crippen molar-refractivity contribution in [2.75, 3.05) is 18.0 Å². The largest absolute Gasteiger partial charge is 0.744 e. The van der Waals surface area contributed by atoms with Gasteiger partial charge in [0.1, 0.15) is 21.5 Å². The Labute approximate surface area is 347 Å². The highest BCUT2D eigenvalue weighted by Gasteiger charge is 2.26. The van der Waals surface area contributed by atoms with Crippen LogP contribution in [0, 0.1) is 39.5 Å². The molecule has 58 heavy (non-hydrogen) atoms. The third-order valence-corrected chi connectivity index (χ3v) is 13.0. The lowest BCUT2D eigenvalue weighted by Gasteiger charge is -2.32. The summed E-state index contributed by atoms with van der Waals surface area (Å²) in [7, 11) is -4.80. The van der Waals surface area contributed by atoms with Crippen LogP contribution in [0.25, 0.3) is 33.4 Å². The SMILES string of the molecule is CCCCC(CC)CN(c1ccc2c(-c3ccccc3S(=O)(=O)[O-])c3ccc(=[N+](CC(CC)CCCC)c4c(C)cccc4C)cc-3oc2c1)c1c(C)cccc1C. The summed E-state index contributed by atoms with van der Waals surface area (Å²) >= 11 is 0. The molecule has 0 radical (unpaired) electrons. The quantitative estimate of drug-likeness (QED) is 0.0522. The van der Waals surface area contributed by atoms with Crippen LogP contribution in [0.1, 0.15) is 101 Å². The number of hydrogen-bond acceptors (Lipinski definition) is 5. The Morgan fingerprint density at radius 2 is 1.31 bits per heavy atom. The van der Waals surface area contributed by atoms with Gasteiger partial charge in [0.25, 0.3) is 0 Å². The summed E-state index contributed by atoms with van der Waals surface area (Å²) in [4.78, 5) is 2.21. The minimum Gasteiger partial charge on any atom is -0.744 e. The predicted molar refractivity (Wildman–Crippen MR) is 241 cm³/mol. The van der Waals surface area contributed by atoms with E-state index in [4.69, 9.17) is 4.42 Å². The molecule has 0 saturated heterocycles. The highest BCUT2D eigenvalue weighted by molar-refractivity contribution is 7.85. The zero-order chi connectivity index (χ0) is 41.6. The molecule has 2 aliphatic rings. The van der Waals surface area contributed by atoms with E-state index in [1.807, 2.05) is 12.1 Å². The summed E-state index contributed by atoms with van der Waals surface area (Å²) in [5, 5.41) is 1.76. The minimum absolute atomic E-state index is 0.241. The van der Waals surface area contributed by atoms with Crippen LogP contribution in [0.2, 0.25) is 0 Å². The monoisotopic (exact) mass is 798 g/mol. The van der Waals surface area contributed by atoms with Gasteiger partial charge in [0.15, 0.2) is 6.54 Å². The van der Waals surface area contributed by atoms with Crippen molar-refractivity contribution in [1.82, 2.24) is 4.58 Å². The number of fused-ring (bicyclic) bond motifs is 2. The van der Waals surface area contributed by atoms with Crippen molar-refractivity contribution in [1.29, 1.82) is 0 Å². The van der Waals surface area contributed by atoms with E-state index in [1.54, 1.807) is 18.2 Å². The lowest BCUT2D eigenvalue weighted by molar-refractivity contribution is 0.419. The molecule has 0 saturated carbocycles. The van der Waals surface area contributed by atoms with Crippen LogP contribution in [0.15, 0.2) is 106 Å². The fourth-order valence-corrected chi connectivity index (χ4v) is 9.53. The van der Waals surface area contributed by atoms with E-state index >= 15 is 0 Å². The first-order valence-electron chi connectivity index (χ1n) is 21.5. The van der Waals surface area contributed by atoms with Crippen molar-refractivity contribution in [2.24, 2.45) is 11.8 Å². The Morgan fingerprint density at radius 1 is 0.690 bits per heavy atom. The van der Waals surface area contributed by atoms with Gasteiger partial charge in [-0.2, -0.15) is 4.58 Å². The Bertz CT molecular complexity index is 2480. The normalized spacial score (nSPS) is 13.5. The molecular formula is C51H62N2O4S. The number of unbranched alkanes of at least 4 members (excludes halogenated alkanes) is 2. The van der Waals surface area contributed by atoms with Crippen LogP contribution in [0.4, 0.5) is 17.1 Å². The van der Waals surface area contributed by atoms with E-state index < -0.39 is 10.1 Å². The molecule has 0 spiro atoms. The van der Waals surface area contributed by atoms with Crippen LogP contribution in [0.3, 0.4) is 0 Å². The van der Waals surface area contributed by atoms with Gasteiger partial charge < -0.3 is 13.9 Å². The van der Waals surface area contributed by atoms with E-state index in [9.17, 15) is 13.0 Å². The molecule has 2 unspecified atom stereocenters. The fourth-order valence-electron chi connectivity index (χ4n) is 8.85. The van der Waals surface area contributed by atoms with Gasteiger partial charge in [-0.1, -0.05) is 114 Å². The third-order valence-electron chi connectivity index (χ3n) is 12.1. The number of aryl methyl sites for hydroxylation is 4. The van der Waals surface area contributed by atoms with Crippen LogP contribution in [-0.4, -0.2) is 26.1 Å². The Balaban J connectivity index is 1.69. The molecule has 306 valence electrons. The first kappa shape index (κ1) is 42.9. The van der Waals surface area contributed by atoms with Crippen molar-refractivity contribution in [3.8, 4) is 22.5 Å². The fraction of sp³-hybridized carbons (Fsp3) is 0.392. The second-order valence-electron chi connectivity index (χ2n) is 16.3. The molecule has 0 bridgehead atoms. The highest BCUT2D eigenvalue weighted by Crippen LogP contribution is 2.44. The third kappa shape index (κ3) is 9.27. The molecule has 1 heterocycles. The first-order chi connectivity index (χ1) is 27.9. The second-order valence-corrected chi connectivity index (χ2v) is 17.7. The molecule has 0 amide bonds. The van der Waals surface area contributed by atoms with Gasteiger partial charge >= 0.3 is 0 Å². The van der Waals surface area contributed by atoms with Gasteiger partial charge in [0.2, 0.25) is 11.0 Å². The topological polar surface area (TPSA) is 76.6 Å². The summed E-state index contributed by atoms with van der Waals surface area (Å²) in [6.45, 7) is 19.5. The Kier molecular flexibility index (Phi) is 14.0. The van der Waals surface area contributed by atoms with Gasteiger partial charge in [0, 0.05) is 69.2 Å². The second kappa shape index (κ2) is 18.9. The summed E-state index contributed by atoms with van der Waals surface area (Å²) in [5.74, 6) is 1.62. The van der Waals surface area contributed by atoms with Gasteiger partial charge in [-0.25, -0.2) is 8.42 Å². The minimum atomic E-state index is -4.80. The average molecular weight is 799 g/mol. The van der Waals surface area contributed by atoms with Crippen LogP contribution in [-0.2, 0) is 10.1 Å². The van der Waals surface area contributed by atoms with E-state index in [0.29, 0.717) is 34.3 Å². The van der Waals surface area contributed by atoms with Crippen LogP contribution >= 0.6 is 0 Å². The molecule has 6 nitrogen and oxygen atoms in total. The number of rotatable bonds is 17. The zero-order valence-corrected chi connectivity index (χ0v) is 36.7. The molecular weight excluding hydrogens is 737 g/mol. The summed E-state index contributed by atoms with van der Waals surface area (Å²) in [6.07, 6.45) is 9.14. The zero-order valence-electron chi connectivity index (χ0n) is 35.9. The lowest BCUT2D eigenvalue weighted by atomic mass is 9.93. The van der Waals surface area contributed by atoms with E-state index in [2.05, 4.69) is 126 Å². The van der Waals surface area contributed by atoms with Crippen molar-refractivity contribution in [3.05, 3.63) is 125 Å². The van der Waals surface area contributed by atoms with Gasteiger partial charge in [-0.3, -0.25) is 0 Å². The number of benzene rings is 5. The van der Waals surface area contributed by atoms with Gasteiger partial charge in [-0.15, -0.1) is 0 Å². The molecule has 4 aromatic rings. The maximum Gasteiger partial charge on any atom is 0.211 e. The number of nitrogens with zero attached hydrogens (tertiary/aromatic N) is 2. The molecule has 2 atom stereocenters. The molecule has 6 rings (SSSR count). The molecule has 4 aromatic carbocycles. The molecule has 0 N–H and O–H groups in total. The smallest absolute Gasteiger partial charge is 0.211 e. The molecule has 0 fully saturated rings. The molecule has 1 aliphatic carbocycles. The van der Waals surface area contributed by atoms with Crippen molar-refractivity contribution >= 4 is 38.1 Å².